The van der Waals surface area contributed by atoms with Crippen molar-refractivity contribution in [3.05, 3.63) is 0 Å². The standard InChI is InChI=1S/C12H22N2/c1-12(2,3)14-11-8-6-4-5-7-10(11)9-13/h10-11,14H,4-8H2,1-3H3. The van der Waals surface area contributed by atoms with Crippen LogP contribution in [-0.2, 0) is 0 Å². The summed E-state index contributed by atoms with van der Waals surface area (Å²) < 4.78 is 0. The predicted molar refractivity (Wildman–Crippen MR) is 58.9 cm³/mol. The molecule has 0 spiro atoms. The number of rotatable bonds is 1. The highest BCUT2D eigenvalue weighted by Crippen LogP contribution is 2.24. The summed E-state index contributed by atoms with van der Waals surface area (Å²) in [5.41, 5.74) is 0.129. The van der Waals surface area contributed by atoms with Crippen molar-refractivity contribution < 1.29 is 0 Å². The van der Waals surface area contributed by atoms with Gasteiger partial charge in [0.05, 0.1) is 12.0 Å². The molecule has 2 atom stereocenters. The lowest BCUT2D eigenvalue weighted by Crippen LogP contribution is -2.46. The van der Waals surface area contributed by atoms with Crippen LogP contribution in [0.2, 0.25) is 0 Å². The van der Waals surface area contributed by atoms with E-state index in [0.29, 0.717) is 6.04 Å². The van der Waals surface area contributed by atoms with E-state index < -0.39 is 0 Å². The van der Waals surface area contributed by atoms with Crippen LogP contribution >= 0.6 is 0 Å². The Hall–Kier alpha value is -0.550. The summed E-state index contributed by atoms with van der Waals surface area (Å²) in [6.45, 7) is 6.52. The fourth-order valence-corrected chi connectivity index (χ4v) is 2.19. The van der Waals surface area contributed by atoms with Gasteiger partial charge in [0.1, 0.15) is 0 Å². The minimum Gasteiger partial charge on any atom is -0.308 e. The molecule has 2 nitrogen and oxygen atoms in total. The van der Waals surface area contributed by atoms with Gasteiger partial charge in [-0.1, -0.05) is 19.3 Å². The molecule has 0 aromatic heterocycles. The van der Waals surface area contributed by atoms with Crippen molar-refractivity contribution in [1.82, 2.24) is 5.32 Å². The van der Waals surface area contributed by atoms with Crippen molar-refractivity contribution in [3.63, 3.8) is 0 Å². The molecule has 0 aromatic carbocycles. The fourth-order valence-electron chi connectivity index (χ4n) is 2.19. The van der Waals surface area contributed by atoms with Gasteiger partial charge in [0.2, 0.25) is 0 Å². The van der Waals surface area contributed by atoms with Gasteiger partial charge in [-0.3, -0.25) is 0 Å². The van der Waals surface area contributed by atoms with Gasteiger partial charge in [0, 0.05) is 11.6 Å². The summed E-state index contributed by atoms with van der Waals surface area (Å²) in [4.78, 5) is 0. The van der Waals surface area contributed by atoms with E-state index in [4.69, 9.17) is 5.26 Å². The molecule has 80 valence electrons. The maximum absolute atomic E-state index is 9.09. The Morgan fingerprint density at radius 2 is 1.79 bits per heavy atom. The Labute approximate surface area is 87.7 Å². The van der Waals surface area contributed by atoms with Gasteiger partial charge < -0.3 is 5.32 Å². The van der Waals surface area contributed by atoms with Crippen LogP contribution in [0, 0.1) is 17.2 Å². The van der Waals surface area contributed by atoms with Crippen LogP contribution in [0.1, 0.15) is 52.9 Å². The van der Waals surface area contributed by atoms with Crippen molar-refractivity contribution >= 4 is 0 Å². The number of nitriles is 1. The molecular weight excluding hydrogens is 172 g/mol. The van der Waals surface area contributed by atoms with Gasteiger partial charge in [-0.05, 0) is 33.6 Å². The molecule has 0 radical (unpaired) electrons. The zero-order chi connectivity index (χ0) is 10.6. The molecule has 2 heteroatoms. The zero-order valence-electron chi connectivity index (χ0n) is 9.64. The number of nitrogens with zero attached hydrogens (tertiary/aromatic N) is 1. The van der Waals surface area contributed by atoms with E-state index in [2.05, 4.69) is 32.2 Å². The van der Waals surface area contributed by atoms with Gasteiger partial charge in [0.25, 0.3) is 0 Å². The highest BCUT2D eigenvalue weighted by molar-refractivity contribution is 4.95. The van der Waals surface area contributed by atoms with E-state index in [9.17, 15) is 0 Å². The molecule has 0 saturated heterocycles. The quantitative estimate of drug-likeness (QED) is 0.651. The number of nitrogens with one attached hydrogen (secondary N) is 1. The molecule has 1 aliphatic rings. The van der Waals surface area contributed by atoms with Crippen LogP contribution in [0.25, 0.3) is 0 Å². The van der Waals surface area contributed by atoms with E-state index in [1.807, 2.05) is 0 Å². The van der Waals surface area contributed by atoms with Crippen molar-refractivity contribution in [2.75, 3.05) is 0 Å². The van der Waals surface area contributed by atoms with Gasteiger partial charge in [-0.2, -0.15) is 5.26 Å². The van der Waals surface area contributed by atoms with Gasteiger partial charge in [-0.15, -0.1) is 0 Å². The minimum absolute atomic E-state index is 0.129. The van der Waals surface area contributed by atoms with E-state index in [1.54, 1.807) is 0 Å². The third-order valence-electron chi connectivity index (χ3n) is 2.80. The summed E-state index contributed by atoms with van der Waals surface area (Å²) in [5, 5.41) is 12.7. The molecule has 1 saturated carbocycles. The van der Waals surface area contributed by atoms with Crippen molar-refractivity contribution in [2.24, 2.45) is 5.92 Å². The first-order chi connectivity index (χ1) is 6.53. The second-order valence-electron chi connectivity index (χ2n) is 5.37. The summed E-state index contributed by atoms with van der Waals surface area (Å²) in [5.74, 6) is 0.219. The first-order valence-electron chi connectivity index (χ1n) is 5.70. The van der Waals surface area contributed by atoms with Gasteiger partial charge in [-0.25, -0.2) is 0 Å². The molecular formula is C12H22N2. The molecule has 0 bridgehead atoms. The van der Waals surface area contributed by atoms with Gasteiger partial charge in [0.15, 0.2) is 0 Å². The third-order valence-corrected chi connectivity index (χ3v) is 2.80. The van der Waals surface area contributed by atoms with Crippen molar-refractivity contribution in [2.45, 2.75) is 64.5 Å². The lowest BCUT2D eigenvalue weighted by Gasteiger charge is -2.30. The van der Waals surface area contributed by atoms with Gasteiger partial charge >= 0.3 is 0 Å². The van der Waals surface area contributed by atoms with Crippen LogP contribution < -0.4 is 5.32 Å². The van der Waals surface area contributed by atoms with E-state index >= 15 is 0 Å². The first kappa shape index (κ1) is 11.5. The Morgan fingerprint density at radius 3 is 2.36 bits per heavy atom. The lowest BCUT2D eigenvalue weighted by molar-refractivity contribution is 0.301. The summed E-state index contributed by atoms with van der Waals surface area (Å²) in [6.07, 6.45) is 6.02. The number of hydrogen-bond acceptors (Lipinski definition) is 2. The Morgan fingerprint density at radius 1 is 1.14 bits per heavy atom. The predicted octanol–water partition coefficient (Wildman–Crippen LogP) is 2.85. The maximum Gasteiger partial charge on any atom is 0.0672 e. The summed E-state index contributed by atoms with van der Waals surface area (Å²) in [7, 11) is 0. The smallest absolute Gasteiger partial charge is 0.0672 e. The zero-order valence-corrected chi connectivity index (χ0v) is 9.64. The Balaban J connectivity index is 2.58. The summed E-state index contributed by atoms with van der Waals surface area (Å²) >= 11 is 0. The van der Waals surface area contributed by atoms with Crippen LogP contribution in [0.3, 0.4) is 0 Å². The molecule has 14 heavy (non-hydrogen) atoms. The monoisotopic (exact) mass is 194 g/mol. The van der Waals surface area contributed by atoms with E-state index in [0.717, 1.165) is 12.8 Å². The van der Waals surface area contributed by atoms with Crippen molar-refractivity contribution in [3.8, 4) is 6.07 Å². The van der Waals surface area contributed by atoms with Crippen LogP contribution in [-0.4, -0.2) is 11.6 Å². The molecule has 1 N–H and O–H groups in total. The summed E-state index contributed by atoms with van der Waals surface area (Å²) in [6, 6.07) is 2.86. The van der Waals surface area contributed by atoms with E-state index in [-0.39, 0.29) is 11.5 Å². The van der Waals surface area contributed by atoms with Crippen molar-refractivity contribution in [1.29, 1.82) is 5.26 Å². The molecule has 0 amide bonds. The molecule has 1 fully saturated rings. The van der Waals surface area contributed by atoms with Crippen LogP contribution in [0.4, 0.5) is 0 Å². The van der Waals surface area contributed by atoms with E-state index in [1.165, 1.54) is 19.3 Å². The lowest BCUT2D eigenvalue weighted by atomic mass is 9.93. The molecule has 0 heterocycles. The second kappa shape index (κ2) is 4.79. The average Bonchev–Trinajstić information content (AvgIpc) is 2.27. The Bertz CT molecular complexity index is 209. The molecule has 2 unspecified atom stereocenters. The largest absolute Gasteiger partial charge is 0.308 e. The molecule has 1 aliphatic carbocycles. The Kier molecular flexibility index (Phi) is 3.95. The third kappa shape index (κ3) is 3.67. The highest BCUT2D eigenvalue weighted by Gasteiger charge is 2.26. The van der Waals surface area contributed by atoms with Crippen LogP contribution in [0.5, 0.6) is 0 Å². The molecule has 0 aliphatic heterocycles. The van der Waals surface area contributed by atoms with Crippen LogP contribution in [0.15, 0.2) is 0 Å². The topological polar surface area (TPSA) is 35.8 Å². The second-order valence-corrected chi connectivity index (χ2v) is 5.37. The highest BCUT2D eigenvalue weighted by atomic mass is 15.0. The normalized spacial score (nSPS) is 29.3. The molecule has 1 rings (SSSR count). The fraction of sp³-hybridized carbons (Fsp3) is 0.917. The number of hydrogen-bond donors (Lipinski definition) is 1. The first-order valence-corrected chi connectivity index (χ1v) is 5.70. The molecule has 0 aromatic rings. The SMILES string of the molecule is CC(C)(C)NC1CCCCCC1C#N. The maximum atomic E-state index is 9.09. The average molecular weight is 194 g/mol. The minimum atomic E-state index is 0.129.